The average Bonchev–Trinajstić information content (AvgIpc) is 2.60. The van der Waals surface area contributed by atoms with Crippen molar-refractivity contribution in [3.8, 4) is 0 Å². The van der Waals surface area contributed by atoms with Gasteiger partial charge in [-0.15, -0.1) is 0 Å². The van der Waals surface area contributed by atoms with Crippen molar-refractivity contribution in [1.82, 2.24) is 9.80 Å². The van der Waals surface area contributed by atoms with Gasteiger partial charge >= 0.3 is 0 Å². The van der Waals surface area contributed by atoms with E-state index in [1.165, 1.54) is 63.7 Å². The average molecular weight is 341 g/mol. The standard InChI is InChI=1S/C22H32N2O/c25-22(19-10-4-11-19)24-15-6-12-20-17-23(16-13-21(20)24)14-5-9-18-7-2-1-3-8-18/h1-3,7-8,19-21H,4-6,9-17H2/t20-,21+/m1/s1. The molecule has 25 heavy (non-hydrogen) atoms. The van der Waals surface area contributed by atoms with Crippen LogP contribution in [0.4, 0.5) is 0 Å². The Morgan fingerprint density at radius 3 is 2.60 bits per heavy atom. The second-order valence-electron chi connectivity index (χ2n) is 8.31. The molecule has 1 amide bonds. The topological polar surface area (TPSA) is 23.6 Å². The zero-order chi connectivity index (χ0) is 17.1. The largest absolute Gasteiger partial charge is 0.339 e. The second-order valence-corrected chi connectivity index (χ2v) is 8.31. The number of carbonyl (C=O) groups excluding carboxylic acids is 1. The molecular weight excluding hydrogens is 308 g/mol. The summed E-state index contributed by atoms with van der Waals surface area (Å²) in [6.45, 7) is 4.59. The lowest BCUT2D eigenvalue weighted by molar-refractivity contribution is -0.145. The maximum Gasteiger partial charge on any atom is 0.225 e. The summed E-state index contributed by atoms with van der Waals surface area (Å²) in [6, 6.07) is 11.4. The first-order valence-electron chi connectivity index (χ1n) is 10.4. The van der Waals surface area contributed by atoms with Crippen LogP contribution in [0.1, 0.15) is 50.5 Å². The van der Waals surface area contributed by atoms with E-state index >= 15 is 0 Å². The van der Waals surface area contributed by atoms with E-state index in [2.05, 4.69) is 40.1 Å². The predicted octanol–water partition coefficient (Wildman–Crippen LogP) is 3.73. The highest BCUT2D eigenvalue weighted by molar-refractivity contribution is 5.80. The molecule has 1 aromatic carbocycles. The molecule has 2 atom stereocenters. The molecule has 0 radical (unpaired) electrons. The summed E-state index contributed by atoms with van der Waals surface area (Å²) < 4.78 is 0. The Kier molecular flexibility index (Phi) is 5.40. The minimum atomic E-state index is 0.364. The third-order valence-corrected chi connectivity index (χ3v) is 6.67. The maximum absolute atomic E-state index is 12.8. The number of rotatable bonds is 5. The molecule has 0 aromatic heterocycles. The summed E-state index contributed by atoms with van der Waals surface area (Å²) in [7, 11) is 0. The first-order chi connectivity index (χ1) is 12.3. The number of nitrogens with zero attached hydrogens (tertiary/aromatic N) is 2. The lowest BCUT2D eigenvalue weighted by atomic mass is 9.80. The van der Waals surface area contributed by atoms with Gasteiger partial charge in [-0.05, 0) is 63.0 Å². The van der Waals surface area contributed by atoms with Crippen LogP contribution in [0.2, 0.25) is 0 Å². The van der Waals surface area contributed by atoms with E-state index in [-0.39, 0.29) is 0 Å². The molecule has 2 aliphatic heterocycles. The van der Waals surface area contributed by atoms with Crippen LogP contribution >= 0.6 is 0 Å². The van der Waals surface area contributed by atoms with Crippen LogP contribution in [-0.2, 0) is 11.2 Å². The van der Waals surface area contributed by atoms with Crippen molar-refractivity contribution in [3.05, 3.63) is 35.9 Å². The molecule has 1 aromatic rings. The van der Waals surface area contributed by atoms with Gasteiger partial charge in [0.2, 0.25) is 5.91 Å². The minimum Gasteiger partial charge on any atom is -0.339 e. The number of carbonyl (C=O) groups is 1. The van der Waals surface area contributed by atoms with Crippen molar-refractivity contribution in [1.29, 1.82) is 0 Å². The molecule has 1 saturated carbocycles. The fourth-order valence-electron chi connectivity index (χ4n) is 5.00. The smallest absolute Gasteiger partial charge is 0.225 e. The van der Waals surface area contributed by atoms with Crippen LogP contribution in [-0.4, -0.2) is 47.9 Å². The Labute approximate surface area is 152 Å². The van der Waals surface area contributed by atoms with Gasteiger partial charge in [0.25, 0.3) is 0 Å². The number of hydrogen-bond acceptors (Lipinski definition) is 2. The molecular formula is C22H32N2O. The molecule has 0 bridgehead atoms. The van der Waals surface area contributed by atoms with Gasteiger partial charge in [-0.1, -0.05) is 36.8 Å². The van der Waals surface area contributed by atoms with Crippen molar-refractivity contribution in [2.24, 2.45) is 11.8 Å². The van der Waals surface area contributed by atoms with Crippen LogP contribution in [0.25, 0.3) is 0 Å². The third kappa shape index (κ3) is 3.92. The molecule has 0 N–H and O–H groups in total. The second kappa shape index (κ2) is 7.90. The molecule has 2 heterocycles. The predicted molar refractivity (Wildman–Crippen MR) is 101 cm³/mol. The SMILES string of the molecule is O=C(C1CCC1)N1CCC[C@@H]2CN(CCCc3ccccc3)CC[C@@H]21. The Morgan fingerprint density at radius 1 is 1.00 bits per heavy atom. The van der Waals surface area contributed by atoms with Gasteiger partial charge in [0, 0.05) is 31.6 Å². The number of fused-ring (bicyclic) bond motifs is 1. The number of piperidine rings is 2. The maximum atomic E-state index is 12.8. The van der Waals surface area contributed by atoms with E-state index in [1.54, 1.807) is 0 Å². The Bertz CT molecular complexity index is 569. The van der Waals surface area contributed by atoms with Gasteiger partial charge in [-0.2, -0.15) is 0 Å². The van der Waals surface area contributed by atoms with E-state index < -0.39 is 0 Å². The number of aryl methyl sites for hydroxylation is 1. The van der Waals surface area contributed by atoms with E-state index in [1.807, 2.05) is 0 Å². The number of benzene rings is 1. The molecule has 3 heteroatoms. The summed E-state index contributed by atoms with van der Waals surface area (Å²) >= 11 is 0. The zero-order valence-corrected chi connectivity index (χ0v) is 15.4. The van der Waals surface area contributed by atoms with Crippen molar-refractivity contribution >= 4 is 5.91 Å². The van der Waals surface area contributed by atoms with E-state index in [9.17, 15) is 4.79 Å². The fraction of sp³-hybridized carbons (Fsp3) is 0.682. The van der Waals surface area contributed by atoms with Gasteiger partial charge in [0.1, 0.15) is 0 Å². The van der Waals surface area contributed by atoms with Gasteiger partial charge in [-0.25, -0.2) is 0 Å². The lowest BCUT2D eigenvalue weighted by Crippen LogP contribution is -2.57. The Morgan fingerprint density at radius 2 is 1.84 bits per heavy atom. The fourth-order valence-corrected chi connectivity index (χ4v) is 5.00. The van der Waals surface area contributed by atoms with Gasteiger partial charge in [-0.3, -0.25) is 4.79 Å². The van der Waals surface area contributed by atoms with E-state index in [0.717, 1.165) is 19.4 Å². The van der Waals surface area contributed by atoms with Crippen molar-refractivity contribution in [2.45, 2.75) is 57.4 Å². The molecule has 3 fully saturated rings. The summed E-state index contributed by atoms with van der Waals surface area (Å²) in [6.07, 6.45) is 9.66. The van der Waals surface area contributed by atoms with Crippen molar-refractivity contribution < 1.29 is 4.79 Å². The molecule has 1 aliphatic carbocycles. The minimum absolute atomic E-state index is 0.364. The van der Waals surface area contributed by atoms with Gasteiger partial charge in [0.15, 0.2) is 0 Å². The third-order valence-electron chi connectivity index (χ3n) is 6.67. The van der Waals surface area contributed by atoms with Crippen molar-refractivity contribution in [3.63, 3.8) is 0 Å². The molecule has 136 valence electrons. The summed E-state index contributed by atoms with van der Waals surface area (Å²) in [5.74, 6) is 1.56. The first kappa shape index (κ1) is 17.1. The highest BCUT2D eigenvalue weighted by Crippen LogP contribution is 2.35. The quantitative estimate of drug-likeness (QED) is 0.815. The molecule has 0 spiro atoms. The van der Waals surface area contributed by atoms with Crippen LogP contribution in [0.5, 0.6) is 0 Å². The van der Waals surface area contributed by atoms with Gasteiger partial charge in [0.05, 0.1) is 0 Å². The summed E-state index contributed by atoms with van der Waals surface area (Å²) in [5, 5.41) is 0. The number of hydrogen-bond donors (Lipinski definition) is 0. The monoisotopic (exact) mass is 340 g/mol. The highest BCUT2D eigenvalue weighted by atomic mass is 16.2. The molecule has 3 aliphatic rings. The summed E-state index contributed by atoms with van der Waals surface area (Å²) in [4.78, 5) is 17.7. The number of amides is 1. The number of likely N-dealkylation sites (tertiary alicyclic amines) is 2. The normalized spacial score (nSPS) is 27.6. The van der Waals surface area contributed by atoms with Crippen molar-refractivity contribution in [2.75, 3.05) is 26.2 Å². The lowest BCUT2D eigenvalue weighted by Gasteiger charge is -2.48. The molecule has 0 unspecified atom stereocenters. The molecule has 4 rings (SSSR count). The highest BCUT2D eigenvalue weighted by Gasteiger charge is 2.40. The van der Waals surface area contributed by atoms with Crippen LogP contribution < -0.4 is 0 Å². The Hall–Kier alpha value is -1.35. The summed E-state index contributed by atoms with van der Waals surface area (Å²) in [5.41, 5.74) is 1.45. The van der Waals surface area contributed by atoms with Crippen LogP contribution in [0, 0.1) is 11.8 Å². The zero-order valence-electron chi connectivity index (χ0n) is 15.4. The first-order valence-corrected chi connectivity index (χ1v) is 10.4. The van der Waals surface area contributed by atoms with Crippen LogP contribution in [0.15, 0.2) is 30.3 Å². The molecule has 2 saturated heterocycles. The van der Waals surface area contributed by atoms with Crippen LogP contribution in [0.3, 0.4) is 0 Å². The Balaban J connectivity index is 1.27. The molecule has 3 nitrogen and oxygen atoms in total. The van der Waals surface area contributed by atoms with E-state index in [4.69, 9.17) is 0 Å². The van der Waals surface area contributed by atoms with Gasteiger partial charge < -0.3 is 9.80 Å². The van der Waals surface area contributed by atoms with E-state index in [0.29, 0.717) is 23.8 Å².